The van der Waals surface area contributed by atoms with E-state index in [0.29, 0.717) is 5.92 Å². The summed E-state index contributed by atoms with van der Waals surface area (Å²) < 4.78 is 0. The molecule has 0 heterocycles. The van der Waals surface area contributed by atoms with Crippen molar-refractivity contribution in [2.24, 2.45) is 17.8 Å². The second-order valence-corrected chi connectivity index (χ2v) is 4.98. The third-order valence-electron chi connectivity index (χ3n) is 2.22. The van der Waals surface area contributed by atoms with Gasteiger partial charge in [0.05, 0.1) is 0 Å². The molecule has 0 amide bonds. The van der Waals surface area contributed by atoms with E-state index in [2.05, 4.69) is 46.8 Å². The molecule has 0 aromatic carbocycles. The molecule has 1 unspecified atom stereocenters. The molecule has 0 heteroatoms. The van der Waals surface area contributed by atoms with Gasteiger partial charge in [0.25, 0.3) is 0 Å². The van der Waals surface area contributed by atoms with E-state index in [0.717, 1.165) is 11.8 Å². The largest absolute Gasteiger partial charge is 0.0883 e. The number of hydrogen-bond donors (Lipinski definition) is 0. The van der Waals surface area contributed by atoms with Gasteiger partial charge in [0, 0.05) is 0 Å². The van der Waals surface area contributed by atoms with Crippen LogP contribution in [0.1, 0.15) is 53.9 Å². The molecule has 0 spiro atoms. The van der Waals surface area contributed by atoms with E-state index in [1.54, 1.807) is 0 Å². The summed E-state index contributed by atoms with van der Waals surface area (Å²) in [6, 6.07) is 0. The van der Waals surface area contributed by atoms with Crippen LogP contribution >= 0.6 is 0 Å². The zero-order valence-corrected chi connectivity index (χ0v) is 10.0. The first-order chi connectivity index (χ1) is 6.02. The van der Waals surface area contributed by atoms with Gasteiger partial charge in [0.15, 0.2) is 0 Å². The summed E-state index contributed by atoms with van der Waals surface area (Å²) >= 11 is 0. The monoisotopic (exact) mass is 182 g/mol. The van der Waals surface area contributed by atoms with Crippen LogP contribution in [0.4, 0.5) is 0 Å². The van der Waals surface area contributed by atoms with Gasteiger partial charge in [-0.1, -0.05) is 46.8 Å². The maximum absolute atomic E-state index is 2.36. The van der Waals surface area contributed by atoms with E-state index in [1.807, 2.05) is 0 Å². The van der Waals surface area contributed by atoms with Gasteiger partial charge in [-0.15, -0.1) is 0 Å². The molecule has 13 heavy (non-hydrogen) atoms. The molecule has 1 atom stereocenters. The predicted molar refractivity (Wildman–Crippen MR) is 61.8 cm³/mol. The SMILES string of the molecule is CC(C)/C=C/CCC(C)CC(C)C. The molecule has 0 aliphatic carbocycles. The van der Waals surface area contributed by atoms with E-state index >= 15 is 0 Å². The van der Waals surface area contributed by atoms with Gasteiger partial charge in [0.1, 0.15) is 0 Å². The quantitative estimate of drug-likeness (QED) is 0.524. The first-order valence-electron chi connectivity index (χ1n) is 5.69. The van der Waals surface area contributed by atoms with Crippen LogP contribution < -0.4 is 0 Å². The van der Waals surface area contributed by atoms with Crippen molar-refractivity contribution in [2.75, 3.05) is 0 Å². The minimum absolute atomic E-state index is 0.709. The Morgan fingerprint density at radius 1 is 1.00 bits per heavy atom. The summed E-state index contributed by atoms with van der Waals surface area (Å²) in [4.78, 5) is 0. The molecule has 0 aliphatic rings. The molecule has 0 saturated heterocycles. The first-order valence-corrected chi connectivity index (χ1v) is 5.69. The normalized spacial score (nSPS) is 14.7. The van der Waals surface area contributed by atoms with Crippen molar-refractivity contribution in [3.63, 3.8) is 0 Å². The van der Waals surface area contributed by atoms with Crippen LogP contribution in [-0.4, -0.2) is 0 Å². The fourth-order valence-corrected chi connectivity index (χ4v) is 1.67. The molecule has 0 aromatic heterocycles. The first kappa shape index (κ1) is 12.7. The Balaban J connectivity index is 3.42. The molecule has 0 aliphatic heterocycles. The van der Waals surface area contributed by atoms with E-state index in [1.165, 1.54) is 19.3 Å². The van der Waals surface area contributed by atoms with Gasteiger partial charge in [-0.25, -0.2) is 0 Å². The van der Waals surface area contributed by atoms with Gasteiger partial charge in [-0.3, -0.25) is 0 Å². The highest BCUT2D eigenvalue weighted by molar-refractivity contribution is 4.84. The lowest BCUT2D eigenvalue weighted by Crippen LogP contribution is -1.99. The van der Waals surface area contributed by atoms with Crippen molar-refractivity contribution in [3.05, 3.63) is 12.2 Å². The highest BCUT2D eigenvalue weighted by Crippen LogP contribution is 2.16. The molecule has 0 aromatic rings. The number of hydrogen-bond acceptors (Lipinski definition) is 0. The lowest BCUT2D eigenvalue weighted by atomic mass is 9.94. The van der Waals surface area contributed by atoms with Crippen LogP contribution in [0, 0.1) is 17.8 Å². The minimum atomic E-state index is 0.709. The topological polar surface area (TPSA) is 0 Å². The van der Waals surface area contributed by atoms with E-state index < -0.39 is 0 Å². The van der Waals surface area contributed by atoms with Crippen LogP contribution in [0.2, 0.25) is 0 Å². The van der Waals surface area contributed by atoms with Crippen molar-refractivity contribution in [1.82, 2.24) is 0 Å². The highest BCUT2D eigenvalue weighted by Gasteiger charge is 2.03. The molecule has 0 radical (unpaired) electrons. The maximum atomic E-state index is 2.36. The van der Waals surface area contributed by atoms with Crippen molar-refractivity contribution < 1.29 is 0 Å². The van der Waals surface area contributed by atoms with Crippen LogP contribution in [0.5, 0.6) is 0 Å². The average molecular weight is 182 g/mol. The Kier molecular flexibility index (Phi) is 7.03. The summed E-state index contributed by atoms with van der Waals surface area (Å²) in [6.45, 7) is 11.4. The van der Waals surface area contributed by atoms with Gasteiger partial charge in [-0.05, 0) is 37.0 Å². The van der Waals surface area contributed by atoms with Crippen LogP contribution in [-0.2, 0) is 0 Å². The van der Waals surface area contributed by atoms with Gasteiger partial charge >= 0.3 is 0 Å². The fourth-order valence-electron chi connectivity index (χ4n) is 1.67. The van der Waals surface area contributed by atoms with Crippen LogP contribution in [0.15, 0.2) is 12.2 Å². The maximum Gasteiger partial charge on any atom is -0.0290 e. The van der Waals surface area contributed by atoms with E-state index in [-0.39, 0.29) is 0 Å². The Hall–Kier alpha value is -0.260. The standard InChI is InChI=1S/C13H26/c1-11(2)8-6-7-9-13(5)10-12(3)4/h6,8,11-13H,7,9-10H2,1-5H3/b8-6+. The molecular formula is C13H26. The number of rotatable bonds is 6. The van der Waals surface area contributed by atoms with Gasteiger partial charge in [0.2, 0.25) is 0 Å². The molecule has 0 bridgehead atoms. The molecule has 0 fully saturated rings. The van der Waals surface area contributed by atoms with E-state index in [9.17, 15) is 0 Å². The third kappa shape index (κ3) is 9.66. The van der Waals surface area contributed by atoms with E-state index in [4.69, 9.17) is 0 Å². The zero-order valence-electron chi connectivity index (χ0n) is 10.0. The fraction of sp³-hybridized carbons (Fsp3) is 0.846. The minimum Gasteiger partial charge on any atom is -0.0883 e. The zero-order chi connectivity index (χ0) is 10.3. The molecule has 0 nitrogen and oxygen atoms in total. The molecule has 0 N–H and O–H groups in total. The Labute approximate surface area is 84.4 Å². The molecule has 0 saturated carbocycles. The summed E-state index contributed by atoms with van der Waals surface area (Å²) in [5.74, 6) is 2.45. The lowest BCUT2D eigenvalue weighted by Gasteiger charge is -2.12. The summed E-state index contributed by atoms with van der Waals surface area (Å²) in [5.41, 5.74) is 0. The number of allylic oxidation sites excluding steroid dienone is 2. The lowest BCUT2D eigenvalue weighted by molar-refractivity contribution is 0.417. The third-order valence-corrected chi connectivity index (χ3v) is 2.22. The summed E-state index contributed by atoms with van der Waals surface area (Å²) in [7, 11) is 0. The van der Waals surface area contributed by atoms with Crippen LogP contribution in [0.3, 0.4) is 0 Å². The summed E-state index contributed by atoms with van der Waals surface area (Å²) in [5, 5.41) is 0. The highest BCUT2D eigenvalue weighted by atomic mass is 14.1. The van der Waals surface area contributed by atoms with Crippen molar-refractivity contribution in [2.45, 2.75) is 53.9 Å². The predicted octanol–water partition coefficient (Wildman–Crippen LogP) is 4.66. The summed E-state index contributed by atoms with van der Waals surface area (Å²) in [6.07, 6.45) is 8.62. The molecule has 78 valence electrons. The van der Waals surface area contributed by atoms with Gasteiger partial charge < -0.3 is 0 Å². The van der Waals surface area contributed by atoms with Gasteiger partial charge in [-0.2, -0.15) is 0 Å². The Morgan fingerprint density at radius 3 is 2.08 bits per heavy atom. The second kappa shape index (κ2) is 7.17. The van der Waals surface area contributed by atoms with Crippen molar-refractivity contribution in [1.29, 1.82) is 0 Å². The Morgan fingerprint density at radius 2 is 1.62 bits per heavy atom. The van der Waals surface area contributed by atoms with Crippen molar-refractivity contribution >= 4 is 0 Å². The van der Waals surface area contributed by atoms with Crippen LogP contribution in [0.25, 0.3) is 0 Å². The molecular weight excluding hydrogens is 156 g/mol. The van der Waals surface area contributed by atoms with Crippen molar-refractivity contribution in [3.8, 4) is 0 Å². The average Bonchev–Trinajstić information content (AvgIpc) is 1.96. The Bertz CT molecular complexity index is 131. The molecule has 0 rings (SSSR count). The second-order valence-electron chi connectivity index (χ2n) is 4.98. The smallest absolute Gasteiger partial charge is 0.0290 e.